The van der Waals surface area contributed by atoms with E-state index in [0.29, 0.717) is 17.4 Å². The summed E-state index contributed by atoms with van der Waals surface area (Å²) in [5.41, 5.74) is 1.76. The molecule has 1 aromatic carbocycles. The fraction of sp³-hybridized carbons (Fsp3) is 0.300. The van der Waals surface area contributed by atoms with Crippen LogP contribution < -0.4 is 0 Å². The molecule has 0 aliphatic heterocycles. The van der Waals surface area contributed by atoms with Gasteiger partial charge in [0.2, 0.25) is 0 Å². The first kappa shape index (κ1) is 10.7. The van der Waals surface area contributed by atoms with E-state index in [2.05, 4.69) is 4.98 Å². The summed E-state index contributed by atoms with van der Waals surface area (Å²) in [6, 6.07) is 5.47. The Balaban J connectivity index is 2.65. The lowest BCUT2D eigenvalue weighted by Gasteiger charge is -2.04. The molecule has 2 aromatic rings. The summed E-state index contributed by atoms with van der Waals surface area (Å²) in [5, 5.41) is 9.62. The number of rotatable bonds is 3. The number of imidazole rings is 1. The van der Waals surface area contributed by atoms with E-state index in [4.69, 9.17) is 28.3 Å². The highest BCUT2D eigenvalue weighted by Gasteiger charge is 2.09. The van der Waals surface area contributed by atoms with Gasteiger partial charge < -0.3 is 9.67 Å². The van der Waals surface area contributed by atoms with E-state index in [1.807, 2.05) is 16.7 Å². The average Bonchev–Trinajstić information content (AvgIpc) is 2.57. The average molecular weight is 245 g/mol. The highest BCUT2D eigenvalue weighted by Crippen LogP contribution is 2.21. The second kappa shape index (κ2) is 4.39. The van der Waals surface area contributed by atoms with E-state index in [9.17, 15) is 0 Å². The molecular weight excluding hydrogens is 235 g/mol. The largest absolute Gasteiger partial charge is 0.395 e. The maximum absolute atomic E-state index is 8.96. The molecule has 0 aliphatic carbocycles. The standard InChI is InChI=1S/C10H10Cl2N2O/c11-6-10-13-8-2-1-7(12)5-9(8)14(10)3-4-15/h1-2,5,15H,3-4,6H2. The molecule has 2 rings (SSSR count). The van der Waals surface area contributed by atoms with Crippen LogP contribution in [0, 0.1) is 0 Å². The van der Waals surface area contributed by atoms with Crippen LogP contribution in [0.3, 0.4) is 0 Å². The molecule has 0 amide bonds. The van der Waals surface area contributed by atoms with Gasteiger partial charge in [-0.2, -0.15) is 0 Å². The molecule has 0 fully saturated rings. The van der Waals surface area contributed by atoms with Gasteiger partial charge in [0.15, 0.2) is 0 Å². The molecule has 5 heteroatoms. The summed E-state index contributed by atoms with van der Waals surface area (Å²) >= 11 is 11.7. The van der Waals surface area contributed by atoms with E-state index in [0.717, 1.165) is 16.9 Å². The minimum atomic E-state index is 0.0574. The molecule has 3 nitrogen and oxygen atoms in total. The van der Waals surface area contributed by atoms with Gasteiger partial charge in [-0.05, 0) is 18.2 Å². The molecule has 0 radical (unpaired) electrons. The molecule has 0 bridgehead atoms. The van der Waals surface area contributed by atoms with Crippen molar-refractivity contribution >= 4 is 34.2 Å². The van der Waals surface area contributed by atoms with Gasteiger partial charge in [-0.15, -0.1) is 11.6 Å². The Morgan fingerprint density at radius 3 is 2.87 bits per heavy atom. The zero-order chi connectivity index (χ0) is 10.8. The summed E-state index contributed by atoms with van der Waals surface area (Å²) in [6.45, 7) is 0.542. The maximum Gasteiger partial charge on any atom is 0.124 e. The summed E-state index contributed by atoms with van der Waals surface area (Å²) in [7, 11) is 0. The van der Waals surface area contributed by atoms with Gasteiger partial charge in [-0.25, -0.2) is 4.98 Å². The van der Waals surface area contributed by atoms with E-state index >= 15 is 0 Å². The number of aliphatic hydroxyl groups excluding tert-OH is 1. The van der Waals surface area contributed by atoms with Crippen molar-refractivity contribution in [3.63, 3.8) is 0 Å². The van der Waals surface area contributed by atoms with Crippen LogP contribution in [0.15, 0.2) is 18.2 Å². The molecule has 0 atom stereocenters. The second-order valence-electron chi connectivity index (χ2n) is 3.17. The van der Waals surface area contributed by atoms with Crippen molar-refractivity contribution in [3.8, 4) is 0 Å². The van der Waals surface area contributed by atoms with Crippen molar-refractivity contribution in [1.82, 2.24) is 9.55 Å². The van der Waals surface area contributed by atoms with Crippen LogP contribution >= 0.6 is 23.2 Å². The predicted octanol–water partition coefficient (Wildman–Crippen LogP) is 2.42. The van der Waals surface area contributed by atoms with Crippen molar-refractivity contribution < 1.29 is 5.11 Å². The monoisotopic (exact) mass is 244 g/mol. The molecule has 80 valence electrons. The smallest absolute Gasteiger partial charge is 0.124 e. The molecule has 1 heterocycles. The first-order chi connectivity index (χ1) is 7.26. The molecule has 0 saturated heterocycles. The third-order valence-corrected chi connectivity index (χ3v) is 2.71. The van der Waals surface area contributed by atoms with Gasteiger partial charge in [-0.1, -0.05) is 11.6 Å². The molecule has 15 heavy (non-hydrogen) atoms. The molecule has 0 saturated carbocycles. The lowest BCUT2D eigenvalue weighted by atomic mass is 10.3. The minimum Gasteiger partial charge on any atom is -0.395 e. The fourth-order valence-corrected chi connectivity index (χ4v) is 1.97. The first-order valence-electron chi connectivity index (χ1n) is 4.57. The number of halogens is 2. The van der Waals surface area contributed by atoms with Crippen LogP contribution in [0.1, 0.15) is 5.82 Å². The van der Waals surface area contributed by atoms with Crippen molar-refractivity contribution in [3.05, 3.63) is 29.0 Å². The van der Waals surface area contributed by atoms with Gasteiger partial charge in [0, 0.05) is 11.6 Å². The Labute approximate surface area is 97.2 Å². The molecule has 1 N–H and O–H groups in total. The molecule has 0 spiro atoms. The number of fused-ring (bicyclic) bond motifs is 1. The zero-order valence-corrected chi connectivity index (χ0v) is 9.46. The normalized spacial score (nSPS) is 11.1. The Morgan fingerprint density at radius 2 is 2.20 bits per heavy atom. The quantitative estimate of drug-likeness (QED) is 0.843. The highest BCUT2D eigenvalue weighted by atomic mass is 35.5. The predicted molar refractivity (Wildman–Crippen MR) is 61.4 cm³/mol. The highest BCUT2D eigenvalue weighted by molar-refractivity contribution is 6.31. The number of alkyl halides is 1. The summed E-state index contributed by atoms with van der Waals surface area (Å²) in [6.07, 6.45) is 0. The van der Waals surface area contributed by atoms with Gasteiger partial charge >= 0.3 is 0 Å². The Hall–Kier alpha value is -0.770. The Morgan fingerprint density at radius 1 is 1.40 bits per heavy atom. The second-order valence-corrected chi connectivity index (χ2v) is 3.87. The summed E-state index contributed by atoms with van der Waals surface area (Å²) < 4.78 is 1.88. The Bertz CT molecular complexity index is 481. The summed E-state index contributed by atoms with van der Waals surface area (Å²) in [5.74, 6) is 1.08. The van der Waals surface area contributed by atoms with Gasteiger partial charge in [0.1, 0.15) is 5.82 Å². The van der Waals surface area contributed by atoms with E-state index < -0.39 is 0 Å². The number of hydrogen-bond acceptors (Lipinski definition) is 2. The lowest BCUT2D eigenvalue weighted by Crippen LogP contribution is -2.05. The lowest BCUT2D eigenvalue weighted by molar-refractivity contribution is 0.276. The van der Waals surface area contributed by atoms with Gasteiger partial charge in [-0.3, -0.25) is 0 Å². The van der Waals surface area contributed by atoms with Crippen LogP contribution in [0.2, 0.25) is 5.02 Å². The Kier molecular flexibility index (Phi) is 3.14. The van der Waals surface area contributed by atoms with Crippen LogP contribution in [-0.2, 0) is 12.4 Å². The number of nitrogens with zero attached hydrogens (tertiary/aromatic N) is 2. The van der Waals surface area contributed by atoms with E-state index in [-0.39, 0.29) is 6.61 Å². The van der Waals surface area contributed by atoms with Crippen LogP contribution in [0.25, 0.3) is 11.0 Å². The third kappa shape index (κ3) is 1.95. The van der Waals surface area contributed by atoms with Crippen LogP contribution in [0.4, 0.5) is 0 Å². The van der Waals surface area contributed by atoms with Crippen molar-refractivity contribution in [2.24, 2.45) is 0 Å². The van der Waals surface area contributed by atoms with Crippen LogP contribution in [-0.4, -0.2) is 21.3 Å². The van der Waals surface area contributed by atoms with Gasteiger partial charge in [0.05, 0.1) is 23.5 Å². The number of aromatic nitrogens is 2. The zero-order valence-electron chi connectivity index (χ0n) is 7.95. The van der Waals surface area contributed by atoms with Crippen molar-refractivity contribution in [2.75, 3.05) is 6.61 Å². The summed E-state index contributed by atoms with van der Waals surface area (Å²) in [4.78, 5) is 4.35. The van der Waals surface area contributed by atoms with E-state index in [1.54, 1.807) is 6.07 Å². The fourth-order valence-electron chi connectivity index (χ4n) is 1.60. The van der Waals surface area contributed by atoms with Crippen molar-refractivity contribution in [2.45, 2.75) is 12.4 Å². The molecular formula is C10H10Cl2N2O. The van der Waals surface area contributed by atoms with E-state index in [1.165, 1.54) is 0 Å². The maximum atomic E-state index is 8.96. The third-order valence-electron chi connectivity index (χ3n) is 2.23. The van der Waals surface area contributed by atoms with Crippen molar-refractivity contribution in [1.29, 1.82) is 0 Å². The molecule has 0 aliphatic rings. The number of hydrogen-bond donors (Lipinski definition) is 1. The van der Waals surface area contributed by atoms with Gasteiger partial charge in [0.25, 0.3) is 0 Å². The number of aliphatic hydroxyl groups is 1. The number of benzene rings is 1. The molecule has 1 aromatic heterocycles. The minimum absolute atomic E-state index is 0.0574. The first-order valence-corrected chi connectivity index (χ1v) is 5.49. The SMILES string of the molecule is OCCn1c(CCl)nc2ccc(Cl)cc21. The topological polar surface area (TPSA) is 38.0 Å². The molecule has 0 unspecified atom stereocenters. The van der Waals surface area contributed by atoms with Crippen LogP contribution in [0.5, 0.6) is 0 Å².